The molecule has 28 heavy (non-hydrogen) atoms. The number of piperazine rings is 1. The second kappa shape index (κ2) is 7.16. The highest BCUT2D eigenvalue weighted by atomic mass is 32.2. The summed E-state index contributed by atoms with van der Waals surface area (Å²) < 4.78 is 37.5. The second-order valence-electron chi connectivity index (χ2n) is 6.83. The quantitative estimate of drug-likeness (QED) is 0.496. The van der Waals surface area contributed by atoms with Crippen molar-refractivity contribution in [3.05, 3.63) is 53.4 Å². The van der Waals surface area contributed by atoms with E-state index in [-0.39, 0.29) is 4.90 Å². The van der Waals surface area contributed by atoms with Crippen molar-refractivity contribution in [2.24, 2.45) is 0 Å². The highest BCUT2D eigenvalue weighted by Crippen LogP contribution is 2.28. The smallest absolute Gasteiger partial charge is 0.245 e. The van der Waals surface area contributed by atoms with E-state index in [1.165, 1.54) is 15.6 Å². The van der Waals surface area contributed by atoms with Crippen molar-refractivity contribution < 1.29 is 8.42 Å². The Morgan fingerprint density at radius 3 is 2.64 bits per heavy atom. The Balaban J connectivity index is 1.32. The summed E-state index contributed by atoms with van der Waals surface area (Å²) in [6, 6.07) is 13.6. The van der Waals surface area contributed by atoms with Crippen molar-refractivity contribution in [2.45, 2.75) is 11.4 Å². The van der Waals surface area contributed by atoms with Crippen LogP contribution in [-0.2, 0) is 16.6 Å². The van der Waals surface area contributed by atoms with Crippen LogP contribution in [0.2, 0.25) is 0 Å². The lowest BCUT2D eigenvalue weighted by molar-refractivity contribution is 0.182. The molecule has 4 aromatic rings. The minimum Gasteiger partial charge on any atom is -0.296 e. The zero-order valence-electron chi connectivity index (χ0n) is 15.0. The molecule has 6 nitrogen and oxygen atoms in total. The van der Waals surface area contributed by atoms with E-state index < -0.39 is 10.0 Å². The highest BCUT2D eigenvalue weighted by Gasteiger charge is 2.30. The first kappa shape index (κ1) is 18.1. The molecule has 144 valence electrons. The number of fused-ring (bicyclic) bond motifs is 2. The topological polar surface area (TPSA) is 66.4 Å². The Labute approximate surface area is 171 Å². The predicted octanol–water partition coefficient (Wildman–Crippen LogP) is 3.41. The summed E-state index contributed by atoms with van der Waals surface area (Å²) in [6.45, 7) is 3.25. The number of hydrogen-bond acceptors (Lipinski definition) is 7. The van der Waals surface area contributed by atoms with Gasteiger partial charge in [-0.15, -0.1) is 11.3 Å². The molecule has 0 unspecified atom stereocenters. The molecule has 1 aliphatic heterocycles. The molecule has 0 N–H and O–H groups in total. The van der Waals surface area contributed by atoms with E-state index in [9.17, 15) is 8.42 Å². The normalized spacial score (nSPS) is 16.9. The van der Waals surface area contributed by atoms with Crippen LogP contribution in [0.3, 0.4) is 0 Å². The summed E-state index contributed by atoms with van der Waals surface area (Å²) in [5, 5.41) is 3.51. The van der Waals surface area contributed by atoms with Crippen LogP contribution in [-0.4, -0.2) is 52.5 Å². The van der Waals surface area contributed by atoms with Crippen molar-refractivity contribution in [3.8, 4) is 0 Å². The van der Waals surface area contributed by atoms with Crippen molar-refractivity contribution in [1.82, 2.24) is 18.0 Å². The monoisotopic (exact) mass is 430 g/mol. The van der Waals surface area contributed by atoms with Crippen molar-refractivity contribution >= 4 is 54.2 Å². The average molecular weight is 431 g/mol. The SMILES string of the molecule is O=S(=O)(c1cccc2nsnc12)N1CCN(Cc2csc3ccccc23)CC1. The molecular formula is C19H18N4O2S3. The minimum atomic E-state index is -3.57. The van der Waals surface area contributed by atoms with Gasteiger partial charge in [-0.3, -0.25) is 4.90 Å². The number of aromatic nitrogens is 2. The molecule has 9 heteroatoms. The number of hydrogen-bond donors (Lipinski definition) is 0. The second-order valence-corrected chi connectivity index (χ2v) is 10.2. The number of nitrogens with zero attached hydrogens (tertiary/aromatic N) is 4. The Kier molecular flexibility index (Phi) is 4.64. The molecule has 0 amide bonds. The van der Waals surface area contributed by atoms with Gasteiger partial charge in [-0.2, -0.15) is 13.1 Å². The largest absolute Gasteiger partial charge is 0.296 e. The van der Waals surface area contributed by atoms with Gasteiger partial charge in [0.2, 0.25) is 10.0 Å². The van der Waals surface area contributed by atoms with Crippen LogP contribution in [0.5, 0.6) is 0 Å². The molecule has 2 aromatic carbocycles. The number of thiophene rings is 1. The van der Waals surface area contributed by atoms with Gasteiger partial charge in [0.25, 0.3) is 0 Å². The highest BCUT2D eigenvalue weighted by molar-refractivity contribution is 7.89. The van der Waals surface area contributed by atoms with Gasteiger partial charge in [0.15, 0.2) is 0 Å². The van der Waals surface area contributed by atoms with Crippen LogP contribution in [0, 0.1) is 0 Å². The molecule has 1 fully saturated rings. The van der Waals surface area contributed by atoms with Crippen LogP contribution in [0.15, 0.2) is 52.7 Å². The maximum Gasteiger partial charge on any atom is 0.245 e. The lowest BCUT2D eigenvalue weighted by Crippen LogP contribution is -2.48. The third-order valence-corrected chi connectivity index (χ3v) is 8.64. The summed E-state index contributed by atoms with van der Waals surface area (Å²) in [7, 11) is -3.57. The molecule has 1 saturated heterocycles. The minimum absolute atomic E-state index is 0.260. The first-order chi connectivity index (χ1) is 13.6. The van der Waals surface area contributed by atoms with E-state index in [0.29, 0.717) is 37.2 Å². The Hall–Kier alpha value is -1.91. The van der Waals surface area contributed by atoms with E-state index >= 15 is 0 Å². The molecule has 0 aliphatic carbocycles. The summed E-state index contributed by atoms with van der Waals surface area (Å²) in [5.41, 5.74) is 2.42. The van der Waals surface area contributed by atoms with E-state index in [4.69, 9.17) is 0 Å². The molecule has 0 atom stereocenters. The fourth-order valence-electron chi connectivity index (χ4n) is 3.65. The third kappa shape index (κ3) is 3.13. The van der Waals surface area contributed by atoms with Crippen molar-refractivity contribution in [2.75, 3.05) is 26.2 Å². The van der Waals surface area contributed by atoms with E-state index in [1.807, 2.05) is 0 Å². The van der Waals surface area contributed by atoms with E-state index in [0.717, 1.165) is 18.3 Å². The summed E-state index contributed by atoms with van der Waals surface area (Å²) >= 11 is 2.80. The lowest BCUT2D eigenvalue weighted by atomic mass is 10.1. The molecule has 5 rings (SSSR count). The first-order valence-electron chi connectivity index (χ1n) is 9.02. The Morgan fingerprint density at radius 2 is 1.79 bits per heavy atom. The first-order valence-corrected chi connectivity index (χ1v) is 12.1. The van der Waals surface area contributed by atoms with Crippen LogP contribution in [0.1, 0.15) is 5.56 Å². The molecule has 2 aromatic heterocycles. The molecule has 0 saturated carbocycles. The van der Waals surface area contributed by atoms with Crippen molar-refractivity contribution in [3.63, 3.8) is 0 Å². The lowest BCUT2D eigenvalue weighted by Gasteiger charge is -2.33. The summed E-state index contributed by atoms with van der Waals surface area (Å²) in [5.74, 6) is 0. The van der Waals surface area contributed by atoms with E-state index in [1.54, 1.807) is 33.8 Å². The van der Waals surface area contributed by atoms with Gasteiger partial charge in [0.05, 0.1) is 11.7 Å². The Morgan fingerprint density at radius 1 is 0.964 bits per heavy atom. The van der Waals surface area contributed by atoms with Gasteiger partial charge in [-0.1, -0.05) is 24.3 Å². The molecule has 0 radical (unpaired) electrons. The number of rotatable bonds is 4. The van der Waals surface area contributed by atoms with Crippen molar-refractivity contribution in [1.29, 1.82) is 0 Å². The van der Waals surface area contributed by atoms with Gasteiger partial charge >= 0.3 is 0 Å². The molecule has 0 bridgehead atoms. The Bertz CT molecular complexity index is 1240. The van der Waals surface area contributed by atoms with Crippen LogP contribution >= 0.6 is 23.1 Å². The average Bonchev–Trinajstić information content (AvgIpc) is 3.35. The van der Waals surface area contributed by atoms with Crippen LogP contribution in [0.25, 0.3) is 21.1 Å². The molecule has 1 aliphatic rings. The van der Waals surface area contributed by atoms with Gasteiger partial charge in [0.1, 0.15) is 15.9 Å². The summed E-state index contributed by atoms with van der Waals surface area (Å²) in [4.78, 5) is 2.59. The van der Waals surface area contributed by atoms with Gasteiger partial charge in [0, 0.05) is 37.4 Å². The fraction of sp³-hybridized carbons (Fsp3) is 0.263. The molecular weight excluding hydrogens is 412 g/mol. The third-order valence-electron chi connectivity index (χ3n) is 5.15. The number of benzene rings is 2. The zero-order valence-corrected chi connectivity index (χ0v) is 17.4. The predicted molar refractivity (Wildman–Crippen MR) is 113 cm³/mol. The maximum atomic E-state index is 13.1. The number of sulfonamides is 1. The van der Waals surface area contributed by atoms with Gasteiger partial charge < -0.3 is 0 Å². The van der Waals surface area contributed by atoms with Crippen LogP contribution in [0.4, 0.5) is 0 Å². The summed E-state index contributed by atoms with van der Waals surface area (Å²) in [6.07, 6.45) is 0. The van der Waals surface area contributed by atoms with Gasteiger partial charge in [-0.25, -0.2) is 8.42 Å². The van der Waals surface area contributed by atoms with E-state index in [2.05, 4.69) is 43.3 Å². The molecule has 3 heterocycles. The zero-order chi connectivity index (χ0) is 19.1. The maximum absolute atomic E-state index is 13.1. The van der Waals surface area contributed by atoms with Crippen LogP contribution < -0.4 is 0 Å². The fourth-order valence-corrected chi connectivity index (χ4v) is 6.78. The molecule has 0 spiro atoms. The standard InChI is InChI=1S/C19H18N4O2S3/c24-28(25,18-7-3-5-16-19(18)21-27-20-16)23-10-8-22(9-11-23)12-14-13-26-17-6-2-1-4-15(14)17/h1-7,13H,8-12H2. The van der Waals surface area contributed by atoms with Gasteiger partial charge in [-0.05, 0) is 34.5 Å².